The maximum absolute atomic E-state index is 14.9. The first-order valence-electron chi connectivity index (χ1n) is 8.90. The highest BCUT2D eigenvalue weighted by molar-refractivity contribution is 8.01. The molecule has 1 aromatic carbocycles. The van der Waals surface area contributed by atoms with Gasteiger partial charge in [-0.15, -0.1) is 0 Å². The van der Waals surface area contributed by atoms with Gasteiger partial charge in [-0.3, -0.25) is 9.00 Å². The first kappa shape index (κ1) is 21.6. The van der Waals surface area contributed by atoms with E-state index in [9.17, 15) is 22.6 Å². The van der Waals surface area contributed by atoms with E-state index in [0.717, 1.165) is 10.9 Å². The van der Waals surface area contributed by atoms with Crippen molar-refractivity contribution >= 4 is 32.3 Å². The molecule has 2 aromatic heterocycles. The van der Waals surface area contributed by atoms with Crippen molar-refractivity contribution in [3.05, 3.63) is 58.4 Å². The van der Waals surface area contributed by atoms with Gasteiger partial charge in [0.15, 0.2) is 5.78 Å². The largest absolute Gasteiger partial charge is 0.478 e. The number of aromatic nitrogens is 2. The van der Waals surface area contributed by atoms with E-state index in [-0.39, 0.29) is 23.2 Å². The average molecular weight is 434 g/mol. The van der Waals surface area contributed by atoms with Crippen LogP contribution in [0.25, 0.3) is 16.9 Å². The monoisotopic (exact) mass is 434 g/mol. The third-order valence-corrected chi connectivity index (χ3v) is 5.39. The molecular weight excluding hydrogens is 414 g/mol. The topological polar surface area (TPSA) is 88.7 Å². The SMILES string of the molecule is Cc1ccn2c(CC(=O)C=S(C)(C)=O)c(-c3c(F)cc(C(=O)O)c(F)c3C)nc2c1. The predicted octanol–water partition coefficient (Wildman–Crippen LogP) is 3.05. The number of aromatic carboxylic acids is 1. The molecule has 0 saturated heterocycles. The number of ketones is 1. The number of fused-ring (bicyclic) bond motifs is 1. The Balaban J connectivity index is 2.32. The minimum Gasteiger partial charge on any atom is -0.478 e. The second kappa shape index (κ2) is 7.64. The molecule has 0 radical (unpaired) electrons. The third kappa shape index (κ3) is 4.11. The molecule has 158 valence electrons. The molecule has 0 unspecified atom stereocenters. The van der Waals surface area contributed by atoms with Gasteiger partial charge in [0.2, 0.25) is 0 Å². The highest BCUT2D eigenvalue weighted by Crippen LogP contribution is 2.33. The maximum Gasteiger partial charge on any atom is 0.338 e. The van der Waals surface area contributed by atoms with Crippen LogP contribution in [0.4, 0.5) is 8.78 Å². The second-order valence-electron chi connectivity index (χ2n) is 7.43. The molecule has 0 spiro atoms. The van der Waals surface area contributed by atoms with Crippen molar-refractivity contribution < 1.29 is 27.7 Å². The van der Waals surface area contributed by atoms with Gasteiger partial charge in [0.05, 0.1) is 23.4 Å². The van der Waals surface area contributed by atoms with Crippen LogP contribution in [0, 0.1) is 25.5 Å². The van der Waals surface area contributed by atoms with Gasteiger partial charge >= 0.3 is 5.97 Å². The van der Waals surface area contributed by atoms with E-state index in [2.05, 4.69) is 4.98 Å². The molecule has 0 atom stereocenters. The van der Waals surface area contributed by atoms with Crippen LogP contribution < -0.4 is 0 Å². The van der Waals surface area contributed by atoms with Gasteiger partial charge in [-0.2, -0.15) is 0 Å². The fraction of sp³-hybridized carbons (Fsp3) is 0.238. The Hall–Kier alpha value is -3.07. The van der Waals surface area contributed by atoms with E-state index in [1.54, 1.807) is 22.7 Å². The molecule has 0 aliphatic carbocycles. The van der Waals surface area contributed by atoms with Gasteiger partial charge < -0.3 is 9.51 Å². The summed E-state index contributed by atoms with van der Waals surface area (Å²) in [6.07, 6.45) is 4.27. The summed E-state index contributed by atoms with van der Waals surface area (Å²) in [6.45, 7) is 3.10. The van der Waals surface area contributed by atoms with Crippen LogP contribution in [-0.4, -0.2) is 48.3 Å². The van der Waals surface area contributed by atoms with Gasteiger partial charge in [-0.1, -0.05) is 0 Å². The summed E-state index contributed by atoms with van der Waals surface area (Å²) >= 11 is 0. The van der Waals surface area contributed by atoms with E-state index < -0.39 is 38.5 Å². The Kier molecular flexibility index (Phi) is 5.51. The number of hydrogen-bond acceptors (Lipinski definition) is 4. The molecule has 9 heteroatoms. The zero-order valence-electron chi connectivity index (χ0n) is 16.8. The smallest absolute Gasteiger partial charge is 0.338 e. The normalized spacial score (nSPS) is 11.7. The number of pyridine rings is 1. The molecule has 0 amide bonds. The molecule has 1 N–H and O–H groups in total. The van der Waals surface area contributed by atoms with Crippen molar-refractivity contribution in [3.63, 3.8) is 0 Å². The highest BCUT2D eigenvalue weighted by Gasteiger charge is 2.26. The molecule has 6 nitrogen and oxygen atoms in total. The van der Waals surface area contributed by atoms with Crippen LogP contribution in [0.15, 0.2) is 24.4 Å². The summed E-state index contributed by atoms with van der Waals surface area (Å²) in [4.78, 5) is 28.1. The maximum atomic E-state index is 14.9. The molecule has 0 bridgehead atoms. The number of nitrogens with zero attached hydrogens (tertiary/aromatic N) is 2. The molecular formula is C21H20F2N2O4S. The van der Waals surface area contributed by atoms with Gasteiger partial charge in [0, 0.05) is 29.6 Å². The van der Waals surface area contributed by atoms with Crippen molar-refractivity contribution in [2.45, 2.75) is 20.3 Å². The van der Waals surface area contributed by atoms with Crippen molar-refractivity contribution in [1.82, 2.24) is 9.38 Å². The fourth-order valence-corrected chi connectivity index (χ4v) is 4.01. The van der Waals surface area contributed by atoms with Crippen molar-refractivity contribution in [2.75, 3.05) is 12.5 Å². The highest BCUT2D eigenvalue weighted by atomic mass is 32.2. The summed E-state index contributed by atoms with van der Waals surface area (Å²) < 4.78 is 43.1. The average Bonchev–Trinajstić information content (AvgIpc) is 2.93. The summed E-state index contributed by atoms with van der Waals surface area (Å²) in [5.74, 6) is -4.06. The Labute approximate surface area is 172 Å². The molecule has 3 rings (SSSR count). The molecule has 3 aromatic rings. The zero-order chi connectivity index (χ0) is 22.4. The molecule has 0 saturated carbocycles. The van der Waals surface area contributed by atoms with Crippen LogP contribution in [0.3, 0.4) is 0 Å². The lowest BCUT2D eigenvalue weighted by atomic mass is 9.98. The summed E-state index contributed by atoms with van der Waals surface area (Å²) in [5, 5.41) is 10.2. The van der Waals surface area contributed by atoms with E-state index >= 15 is 0 Å². The number of aryl methyl sites for hydroxylation is 1. The number of halogens is 2. The molecule has 0 fully saturated rings. The number of carboxylic acid groups (broad SMARTS) is 1. The summed E-state index contributed by atoms with van der Waals surface area (Å²) in [6, 6.07) is 4.10. The third-order valence-electron chi connectivity index (χ3n) is 4.56. The first-order valence-corrected chi connectivity index (χ1v) is 11.3. The first-order chi connectivity index (χ1) is 13.9. The van der Waals surface area contributed by atoms with Crippen LogP contribution in [0.2, 0.25) is 0 Å². The second-order valence-corrected chi connectivity index (χ2v) is 10.3. The molecule has 30 heavy (non-hydrogen) atoms. The summed E-state index contributed by atoms with van der Waals surface area (Å²) in [7, 11) is -2.46. The Morgan fingerprint density at radius 1 is 1.23 bits per heavy atom. The van der Waals surface area contributed by atoms with Crippen LogP contribution in [0.5, 0.6) is 0 Å². The van der Waals surface area contributed by atoms with Crippen molar-refractivity contribution in [2.24, 2.45) is 0 Å². The van der Waals surface area contributed by atoms with E-state index in [1.807, 2.05) is 6.92 Å². The minimum atomic E-state index is -2.46. The standard InChI is InChI=1S/C21H20F2N2O4S/c1-11-5-6-25-16(8-13(26)10-30(3,4)29)20(24-17(25)7-11)18-12(2)19(23)14(21(27)28)9-15(18)22/h5-7,9-10H,8H2,1-4H3,(H,27,28). The van der Waals surface area contributed by atoms with Crippen LogP contribution in [-0.2, 0) is 20.7 Å². The number of carbonyl (C=O) groups excluding carboxylic acids is 1. The number of rotatable bonds is 5. The lowest BCUT2D eigenvalue weighted by Crippen LogP contribution is -2.13. The van der Waals surface area contributed by atoms with Gasteiger partial charge in [0.1, 0.15) is 17.3 Å². The predicted molar refractivity (Wildman–Crippen MR) is 112 cm³/mol. The van der Waals surface area contributed by atoms with Gasteiger partial charge in [0.25, 0.3) is 0 Å². The lowest BCUT2D eigenvalue weighted by molar-refractivity contribution is -0.111. The zero-order valence-corrected chi connectivity index (χ0v) is 17.6. The van der Waals surface area contributed by atoms with Crippen LogP contribution in [0.1, 0.15) is 27.2 Å². The quantitative estimate of drug-likeness (QED) is 0.624. The van der Waals surface area contributed by atoms with E-state index in [0.29, 0.717) is 17.4 Å². The molecule has 0 aliphatic heterocycles. The summed E-state index contributed by atoms with van der Waals surface area (Å²) in [5.41, 5.74) is 0.402. The Morgan fingerprint density at radius 3 is 2.50 bits per heavy atom. The van der Waals surface area contributed by atoms with Gasteiger partial charge in [-0.05, 0) is 52.7 Å². The molecule has 2 heterocycles. The number of hydrogen-bond donors (Lipinski definition) is 1. The number of carbonyl (C=O) groups is 2. The Morgan fingerprint density at radius 2 is 1.90 bits per heavy atom. The van der Waals surface area contributed by atoms with Crippen molar-refractivity contribution in [1.29, 1.82) is 0 Å². The minimum absolute atomic E-state index is 0.0342. The number of benzene rings is 1. The molecule has 0 aliphatic rings. The van der Waals surface area contributed by atoms with Gasteiger partial charge in [-0.25, -0.2) is 18.6 Å². The fourth-order valence-electron chi connectivity index (χ4n) is 3.29. The van der Waals surface area contributed by atoms with E-state index in [4.69, 9.17) is 5.11 Å². The Bertz CT molecular complexity index is 1330. The number of carboxylic acids is 1. The number of Topliss-reactive ketones (excluding diaryl/α,β-unsaturated/α-hetero) is 1. The van der Waals surface area contributed by atoms with E-state index in [1.165, 1.54) is 19.4 Å². The lowest BCUT2D eigenvalue weighted by Gasteiger charge is -2.11. The number of imidazole rings is 1. The van der Waals surface area contributed by atoms with Crippen molar-refractivity contribution in [3.8, 4) is 11.3 Å². The van der Waals surface area contributed by atoms with Crippen LogP contribution >= 0.6 is 0 Å².